The molecular weight excluding hydrogens is 384 g/mol. The third-order valence-electron chi connectivity index (χ3n) is 6.31. The summed E-state index contributed by atoms with van der Waals surface area (Å²) in [6.07, 6.45) is 4.66. The van der Waals surface area contributed by atoms with Gasteiger partial charge in [-0.3, -0.25) is 19.5 Å². The molecule has 1 aromatic heterocycles. The van der Waals surface area contributed by atoms with Crippen LogP contribution in [0.1, 0.15) is 30.8 Å². The van der Waals surface area contributed by atoms with Crippen LogP contribution < -0.4 is 4.57 Å². The van der Waals surface area contributed by atoms with E-state index in [1.165, 1.54) is 9.80 Å². The van der Waals surface area contributed by atoms with Gasteiger partial charge in [0.15, 0.2) is 0 Å². The fraction of sp³-hybridized carbons (Fsp3) is 0.619. The predicted octanol–water partition coefficient (Wildman–Crippen LogP) is 1.17. The molecule has 2 fully saturated rings. The van der Waals surface area contributed by atoms with Crippen molar-refractivity contribution in [1.29, 1.82) is 0 Å². The molecule has 9 nitrogen and oxygen atoms in total. The molecule has 1 atom stereocenters. The van der Waals surface area contributed by atoms with Crippen molar-refractivity contribution in [2.24, 2.45) is 4.99 Å². The number of amidine groups is 1. The molecule has 3 aliphatic heterocycles. The van der Waals surface area contributed by atoms with E-state index in [-0.39, 0.29) is 18.5 Å². The number of aliphatic imine (C=N–C) groups is 1. The van der Waals surface area contributed by atoms with Crippen LogP contribution in [0.15, 0.2) is 17.1 Å². The zero-order chi connectivity index (χ0) is 21.4. The van der Waals surface area contributed by atoms with Crippen molar-refractivity contribution < 1.29 is 18.9 Å². The summed E-state index contributed by atoms with van der Waals surface area (Å²) >= 11 is 0. The lowest BCUT2D eigenvalue weighted by Crippen LogP contribution is -2.57. The average Bonchev–Trinajstić information content (AvgIpc) is 3.24. The normalized spacial score (nSPS) is 22.1. The van der Waals surface area contributed by atoms with Crippen LogP contribution in [0, 0.1) is 13.8 Å². The Morgan fingerprint density at radius 1 is 1.23 bits per heavy atom. The Kier molecular flexibility index (Phi) is 5.75. The van der Waals surface area contributed by atoms with Crippen molar-refractivity contribution in [2.45, 2.75) is 39.8 Å². The third kappa shape index (κ3) is 3.35. The van der Waals surface area contributed by atoms with E-state index in [1.807, 2.05) is 30.6 Å². The highest BCUT2D eigenvalue weighted by molar-refractivity contribution is 6.20. The van der Waals surface area contributed by atoms with Gasteiger partial charge in [-0.1, -0.05) is 17.1 Å². The number of carbonyl (C=O) groups excluding carboxylic acids is 2. The summed E-state index contributed by atoms with van der Waals surface area (Å²) in [4.78, 5) is 36.0. The number of ether oxygens (including phenoxy) is 1. The van der Waals surface area contributed by atoms with Gasteiger partial charge in [-0.05, 0) is 27.2 Å². The molecule has 0 radical (unpaired) electrons. The highest BCUT2D eigenvalue weighted by Gasteiger charge is 2.53. The quantitative estimate of drug-likeness (QED) is 0.516. The molecule has 3 amide bonds. The summed E-state index contributed by atoms with van der Waals surface area (Å²) in [6, 6.07) is -0.903. The first kappa shape index (κ1) is 20.7. The van der Waals surface area contributed by atoms with Gasteiger partial charge in [0.1, 0.15) is 11.4 Å². The molecule has 0 aromatic carbocycles. The number of imide groups is 1. The smallest absolute Gasteiger partial charge is 0.379 e. The van der Waals surface area contributed by atoms with Crippen molar-refractivity contribution in [3.63, 3.8) is 0 Å². The number of nitrogens with zero attached hydrogens (tertiary/aromatic N) is 6. The fourth-order valence-electron chi connectivity index (χ4n) is 4.43. The third-order valence-corrected chi connectivity index (χ3v) is 6.31. The summed E-state index contributed by atoms with van der Waals surface area (Å²) in [5, 5.41) is 0. The van der Waals surface area contributed by atoms with Crippen molar-refractivity contribution >= 4 is 23.7 Å². The highest BCUT2D eigenvalue weighted by Crippen LogP contribution is 2.35. The molecule has 3 aliphatic rings. The molecule has 0 aliphatic carbocycles. The van der Waals surface area contributed by atoms with Crippen molar-refractivity contribution in [3.05, 3.63) is 23.5 Å². The molecular formula is C21H31N6O3+. The number of rotatable bonds is 6. The largest absolute Gasteiger partial charge is 0.402 e. The molecule has 0 saturated carbocycles. The van der Waals surface area contributed by atoms with E-state index >= 15 is 0 Å². The molecule has 2 saturated heterocycles. The first-order valence-corrected chi connectivity index (χ1v) is 10.7. The van der Waals surface area contributed by atoms with E-state index in [9.17, 15) is 9.59 Å². The summed E-state index contributed by atoms with van der Waals surface area (Å²) in [6.45, 7) is 11.6. The van der Waals surface area contributed by atoms with E-state index in [0.29, 0.717) is 5.84 Å². The molecule has 4 rings (SSSR count). The lowest BCUT2D eigenvalue weighted by atomic mass is 10.1. The molecule has 9 heteroatoms. The Hall–Kier alpha value is -2.52. The maximum absolute atomic E-state index is 13.2. The van der Waals surface area contributed by atoms with E-state index in [1.54, 1.807) is 7.05 Å². The number of morpholine rings is 1. The van der Waals surface area contributed by atoms with E-state index in [2.05, 4.69) is 16.4 Å². The maximum atomic E-state index is 13.2. The number of hydrogen-bond acceptors (Lipinski definition) is 5. The van der Waals surface area contributed by atoms with E-state index in [4.69, 9.17) is 9.73 Å². The Balaban J connectivity index is 1.59. The lowest BCUT2D eigenvalue weighted by molar-refractivity contribution is -0.689. The van der Waals surface area contributed by atoms with Crippen LogP contribution in [0.2, 0.25) is 0 Å². The fourth-order valence-corrected chi connectivity index (χ4v) is 4.43. The van der Waals surface area contributed by atoms with Gasteiger partial charge in [0, 0.05) is 33.2 Å². The number of carbonyl (C=O) groups is 2. The van der Waals surface area contributed by atoms with Crippen LogP contribution in [0.3, 0.4) is 0 Å². The van der Waals surface area contributed by atoms with Crippen LogP contribution in [0.5, 0.6) is 0 Å². The van der Waals surface area contributed by atoms with Crippen molar-refractivity contribution in [2.75, 3.05) is 46.4 Å². The topological polar surface area (TPSA) is 74.3 Å². The van der Waals surface area contributed by atoms with Gasteiger partial charge in [-0.15, -0.1) is 0 Å². The zero-order valence-electron chi connectivity index (χ0n) is 18.3. The minimum Gasteiger partial charge on any atom is -0.379 e. The number of aromatic nitrogens is 2. The number of amides is 3. The molecule has 1 unspecified atom stereocenters. The molecule has 30 heavy (non-hydrogen) atoms. The second kappa shape index (κ2) is 8.31. The molecule has 1 aromatic rings. The molecule has 0 spiro atoms. The SMILES string of the molecule is C/C=C/CN1C(=O)C2C(=Nc3n2c(C)c(C)[n+]3CCCN2CCOCC2)N(C)C1=O. The summed E-state index contributed by atoms with van der Waals surface area (Å²) in [5.41, 5.74) is 2.13. The van der Waals surface area contributed by atoms with Crippen LogP contribution in [-0.4, -0.2) is 83.5 Å². The second-order valence-electron chi connectivity index (χ2n) is 8.03. The monoisotopic (exact) mass is 415 g/mol. The zero-order valence-corrected chi connectivity index (χ0v) is 18.3. The van der Waals surface area contributed by atoms with Crippen LogP contribution in [-0.2, 0) is 16.1 Å². The number of imidazole rings is 1. The van der Waals surface area contributed by atoms with E-state index < -0.39 is 6.04 Å². The minimum absolute atomic E-state index is 0.215. The van der Waals surface area contributed by atoms with Gasteiger partial charge in [-0.25, -0.2) is 13.9 Å². The standard InChI is InChI=1S/C21H31N6O3/c1-5-6-9-26-19(28)17-18(23(4)21(26)29)22-20-25(15(2)16(3)27(17)20)10-7-8-24-11-13-30-14-12-24/h5-6,17H,7-14H2,1-4H3/q+1/b6-5+. The Morgan fingerprint density at radius 2 is 1.97 bits per heavy atom. The number of allylic oxidation sites excluding steroid dienone is 1. The van der Waals surface area contributed by atoms with Crippen LogP contribution >= 0.6 is 0 Å². The van der Waals surface area contributed by atoms with Crippen molar-refractivity contribution in [1.82, 2.24) is 19.3 Å². The first-order valence-electron chi connectivity index (χ1n) is 10.7. The Morgan fingerprint density at radius 3 is 2.67 bits per heavy atom. The van der Waals surface area contributed by atoms with Gasteiger partial charge in [-0.2, -0.15) is 0 Å². The molecule has 0 N–H and O–H groups in total. The Labute approximate surface area is 177 Å². The maximum Gasteiger partial charge on any atom is 0.402 e. The first-order chi connectivity index (χ1) is 14.5. The van der Waals surface area contributed by atoms with Crippen LogP contribution in [0.25, 0.3) is 0 Å². The van der Waals surface area contributed by atoms with Crippen LogP contribution in [0.4, 0.5) is 10.7 Å². The van der Waals surface area contributed by atoms with Gasteiger partial charge in [0.25, 0.3) is 5.91 Å². The summed E-state index contributed by atoms with van der Waals surface area (Å²) in [5.74, 6) is 1.06. The van der Waals surface area contributed by atoms with E-state index in [0.717, 1.165) is 63.1 Å². The molecule has 4 heterocycles. The average molecular weight is 416 g/mol. The molecule has 162 valence electrons. The van der Waals surface area contributed by atoms with Gasteiger partial charge in [0.2, 0.25) is 11.9 Å². The van der Waals surface area contributed by atoms with Crippen molar-refractivity contribution in [3.8, 4) is 0 Å². The number of hydrogen-bond donors (Lipinski definition) is 0. The second-order valence-corrected chi connectivity index (χ2v) is 8.03. The number of urea groups is 1. The highest BCUT2D eigenvalue weighted by atomic mass is 16.5. The minimum atomic E-state index is -0.577. The number of likely N-dealkylation sites (N-methyl/N-ethyl adjacent to an activating group) is 1. The summed E-state index contributed by atoms with van der Waals surface area (Å²) < 4.78 is 9.60. The van der Waals surface area contributed by atoms with Gasteiger partial charge in [0.05, 0.1) is 19.8 Å². The number of fused-ring (bicyclic) bond motifs is 3. The summed E-state index contributed by atoms with van der Waals surface area (Å²) in [7, 11) is 1.70. The van der Waals surface area contributed by atoms with Gasteiger partial charge >= 0.3 is 12.0 Å². The lowest BCUT2D eigenvalue weighted by Gasteiger charge is -2.32. The predicted molar refractivity (Wildman–Crippen MR) is 112 cm³/mol. The Bertz CT molecular complexity index is 912. The molecule has 0 bridgehead atoms. The van der Waals surface area contributed by atoms with Gasteiger partial charge < -0.3 is 4.74 Å².